The summed E-state index contributed by atoms with van der Waals surface area (Å²) in [5, 5.41) is 2.84. The van der Waals surface area contributed by atoms with Crippen molar-refractivity contribution in [3.05, 3.63) is 94.5 Å². The average molecular weight is 587 g/mol. The molecule has 0 aromatic heterocycles. The lowest BCUT2D eigenvalue weighted by molar-refractivity contribution is -0.139. The Morgan fingerprint density at radius 2 is 1.57 bits per heavy atom. The third-order valence-electron chi connectivity index (χ3n) is 5.91. The second kappa shape index (κ2) is 12.9. The van der Waals surface area contributed by atoms with E-state index in [2.05, 4.69) is 21.2 Å². The molecular weight excluding hydrogens is 554 g/mol. The summed E-state index contributed by atoms with van der Waals surface area (Å²) < 4.78 is 29.4. The fourth-order valence-corrected chi connectivity index (χ4v) is 5.42. The zero-order chi connectivity index (χ0) is 27.0. The topological polar surface area (TPSA) is 86.8 Å². The summed E-state index contributed by atoms with van der Waals surface area (Å²) >= 11 is 3.41. The molecule has 0 aliphatic carbocycles. The molecule has 0 saturated heterocycles. The molecule has 0 aliphatic rings. The largest absolute Gasteiger partial charge is 0.354 e. The van der Waals surface area contributed by atoms with Gasteiger partial charge in [0.2, 0.25) is 11.8 Å². The van der Waals surface area contributed by atoms with Crippen LogP contribution in [0.2, 0.25) is 0 Å². The molecule has 1 N–H and O–H groups in total. The lowest BCUT2D eigenvalue weighted by atomic mass is 10.1. The molecule has 0 spiro atoms. The number of carbonyl (C=O) groups excluding carboxylic acids is 2. The van der Waals surface area contributed by atoms with Crippen molar-refractivity contribution in [2.24, 2.45) is 0 Å². The van der Waals surface area contributed by atoms with Gasteiger partial charge in [0.1, 0.15) is 12.6 Å². The first-order valence-corrected chi connectivity index (χ1v) is 14.3. The molecule has 0 saturated carbocycles. The van der Waals surface area contributed by atoms with Gasteiger partial charge in [-0.2, -0.15) is 0 Å². The van der Waals surface area contributed by atoms with Crippen LogP contribution in [0.15, 0.2) is 88.2 Å². The third kappa shape index (κ3) is 7.42. The summed E-state index contributed by atoms with van der Waals surface area (Å²) in [6.07, 6.45) is 0.760. The number of sulfonamides is 1. The van der Waals surface area contributed by atoms with E-state index in [1.54, 1.807) is 49.4 Å². The van der Waals surface area contributed by atoms with Gasteiger partial charge < -0.3 is 10.2 Å². The fraction of sp³-hybridized carbons (Fsp3) is 0.286. The van der Waals surface area contributed by atoms with Crippen LogP contribution in [0.25, 0.3) is 0 Å². The predicted molar refractivity (Wildman–Crippen MR) is 150 cm³/mol. The quantitative estimate of drug-likeness (QED) is 0.347. The van der Waals surface area contributed by atoms with Crippen LogP contribution in [-0.2, 0) is 26.2 Å². The zero-order valence-electron chi connectivity index (χ0n) is 21.2. The maximum atomic E-state index is 13.8. The molecule has 3 aromatic rings. The Hall–Kier alpha value is -3.17. The van der Waals surface area contributed by atoms with E-state index in [0.29, 0.717) is 12.2 Å². The maximum Gasteiger partial charge on any atom is 0.264 e. The van der Waals surface area contributed by atoms with E-state index in [-0.39, 0.29) is 17.3 Å². The van der Waals surface area contributed by atoms with Crippen LogP contribution in [0.5, 0.6) is 0 Å². The third-order valence-corrected chi connectivity index (χ3v) is 8.23. The number of halogens is 1. The first-order chi connectivity index (χ1) is 17.6. The van der Waals surface area contributed by atoms with Crippen LogP contribution >= 0.6 is 15.9 Å². The standard InChI is InChI=1S/C28H32BrN3O4S/c1-4-18-30-28(34)22(3)31(19-23-12-14-24(29)15-13-23)27(33)20-32(25-16-10-21(2)11-17-25)37(35,36)26-8-6-5-7-9-26/h5-17,22H,4,18-20H2,1-3H3,(H,30,34)/t22-/m0/s1. The number of hydrogen-bond acceptors (Lipinski definition) is 4. The highest BCUT2D eigenvalue weighted by Gasteiger charge is 2.32. The van der Waals surface area contributed by atoms with Crippen LogP contribution in [0.3, 0.4) is 0 Å². The maximum absolute atomic E-state index is 13.8. The van der Waals surface area contributed by atoms with E-state index in [0.717, 1.165) is 26.3 Å². The smallest absolute Gasteiger partial charge is 0.264 e. The van der Waals surface area contributed by atoms with Crippen molar-refractivity contribution in [1.29, 1.82) is 0 Å². The van der Waals surface area contributed by atoms with E-state index < -0.39 is 28.5 Å². The Bertz CT molecular complexity index is 1300. The molecule has 0 unspecified atom stereocenters. The van der Waals surface area contributed by atoms with Gasteiger partial charge in [0.05, 0.1) is 10.6 Å². The predicted octanol–water partition coefficient (Wildman–Crippen LogP) is 4.90. The van der Waals surface area contributed by atoms with Crippen LogP contribution in [0, 0.1) is 6.92 Å². The molecular formula is C28H32BrN3O4S. The molecule has 37 heavy (non-hydrogen) atoms. The highest BCUT2D eigenvalue weighted by atomic mass is 79.9. The number of benzene rings is 3. The number of carbonyl (C=O) groups is 2. The Balaban J connectivity index is 1.99. The van der Waals surface area contributed by atoms with Crippen molar-refractivity contribution >= 4 is 43.5 Å². The van der Waals surface area contributed by atoms with Crippen molar-refractivity contribution in [1.82, 2.24) is 10.2 Å². The van der Waals surface area contributed by atoms with Crippen molar-refractivity contribution in [3.8, 4) is 0 Å². The molecule has 0 aliphatic heterocycles. The Labute approximate surface area is 227 Å². The molecule has 0 heterocycles. The second-order valence-corrected chi connectivity index (χ2v) is 11.6. The van der Waals surface area contributed by atoms with Gasteiger partial charge in [0.25, 0.3) is 10.0 Å². The molecule has 0 bridgehead atoms. The first kappa shape index (κ1) is 28.4. The summed E-state index contributed by atoms with van der Waals surface area (Å²) in [6.45, 7) is 5.69. The number of amides is 2. The molecule has 196 valence electrons. The van der Waals surface area contributed by atoms with E-state index in [1.165, 1.54) is 17.0 Å². The Morgan fingerprint density at radius 3 is 2.16 bits per heavy atom. The molecule has 0 radical (unpaired) electrons. The SMILES string of the molecule is CCCNC(=O)[C@H](C)N(Cc1ccc(Br)cc1)C(=O)CN(c1ccc(C)cc1)S(=O)(=O)c1ccccc1. The average Bonchev–Trinajstić information content (AvgIpc) is 2.90. The van der Waals surface area contributed by atoms with Gasteiger partial charge in [-0.1, -0.05) is 70.9 Å². The van der Waals surface area contributed by atoms with Gasteiger partial charge in [-0.05, 0) is 62.2 Å². The van der Waals surface area contributed by atoms with Gasteiger partial charge in [-0.25, -0.2) is 8.42 Å². The van der Waals surface area contributed by atoms with Crippen LogP contribution < -0.4 is 9.62 Å². The number of rotatable bonds is 11. The van der Waals surface area contributed by atoms with Gasteiger partial charge in [-0.3, -0.25) is 13.9 Å². The highest BCUT2D eigenvalue weighted by molar-refractivity contribution is 9.10. The lowest BCUT2D eigenvalue weighted by Crippen LogP contribution is -2.51. The molecule has 1 atom stereocenters. The zero-order valence-corrected chi connectivity index (χ0v) is 23.6. The van der Waals surface area contributed by atoms with E-state index in [1.807, 2.05) is 38.1 Å². The molecule has 3 rings (SSSR count). The fourth-order valence-electron chi connectivity index (χ4n) is 3.72. The molecule has 7 nitrogen and oxygen atoms in total. The van der Waals surface area contributed by atoms with E-state index >= 15 is 0 Å². The number of hydrogen-bond donors (Lipinski definition) is 1. The minimum Gasteiger partial charge on any atom is -0.354 e. The van der Waals surface area contributed by atoms with Crippen LogP contribution in [0.4, 0.5) is 5.69 Å². The number of anilines is 1. The van der Waals surface area contributed by atoms with E-state index in [9.17, 15) is 18.0 Å². The second-order valence-electron chi connectivity index (χ2n) is 8.78. The molecule has 0 fully saturated rings. The van der Waals surface area contributed by atoms with Gasteiger partial charge in [0.15, 0.2) is 0 Å². The van der Waals surface area contributed by atoms with Crippen LogP contribution in [-0.4, -0.2) is 44.3 Å². The first-order valence-electron chi connectivity index (χ1n) is 12.1. The summed E-state index contributed by atoms with van der Waals surface area (Å²) in [7, 11) is -4.06. The summed E-state index contributed by atoms with van der Waals surface area (Å²) in [4.78, 5) is 28.2. The minimum atomic E-state index is -4.06. The van der Waals surface area contributed by atoms with Gasteiger partial charge >= 0.3 is 0 Å². The lowest BCUT2D eigenvalue weighted by Gasteiger charge is -2.32. The Kier molecular flexibility index (Phi) is 9.88. The van der Waals surface area contributed by atoms with Crippen molar-refractivity contribution in [2.75, 3.05) is 17.4 Å². The number of nitrogens with zero attached hydrogens (tertiary/aromatic N) is 2. The summed E-state index contributed by atoms with van der Waals surface area (Å²) in [6, 6.07) is 21.6. The normalized spacial score (nSPS) is 12.0. The van der Waals surface area contributed by atoms with Crippen LogP contribution in [0.1, 0.15) is 31.4 Å². The van der Waals surface area contributed by atoms with E-state index in [4.69, 9.17) is 0 Å². The van der Waals surface area contributed by atoms with Gasteiger partial charge in [0, 0.05) is 17.6 Å². The molecule has 9 heteroatoms. The minimum absolute atomic E-state index is 0.0802. The van der Waals surface area contributed by atoms with Gasteiger partial charge in [-0.15, -0.1) is 0 Å². The van der Waals surface area contributed by atoms with Crippen molar-refractivity contribution in [3.63, 3.8) is 0 Å². The van der Waals surface area contributed by atoms with Crippen molar-refractivity contribution in [2.45, 2.75) is 44.7 Å². The van der Waals surface area contributed by atoms with Crippen molar-refractivity contribution < 1.29 is 18.0 Å². The highest BCUT2D eigenvalue weighted by Crippen LogP contribution is 2.25. The molecule has 3 aromatic carbocycles. The number of aryl methyl sites for hydroxylation is 1. The monoisotopic (exact) mass is 585 g/mol. The Morgan fingerprint density at radius 1 is 0.946 bits per heavy atom. The molecule has 2 amide bonds. The number of nitrogens with one attached hydrogen (secondary N) is 1. The summed E-state index contributed by atoms with van der Waals surface area (Å²) in [5.41, 5.74) is 2.15. The summed E-state index contributed by atoms with van der Waals surface area (Å²) in [5.74, 6) is -0.776.